The summed E-state index contributed by atoms with van der Waals surface area (Å²) in [6.45, 7) is 2.60. The first-order chi connectivity index (χ1) is 16.9. The Morgan fingerprint density at radius 2 is 1.46 bits per heavy atom. The van der Waals surface area contributed by atoms with E-state index in [2.05, 4.69) is 22.6 Å². The molecule has 0 aliphatic rings. The van der Waals surface area contributed by atoms with Crippen molar-refractivity contribution in [3.05, 3.63) is 78.6 Å². The lowest BCUT2D eigenvalue weighted by Gasteiger charge is -2.09. The van der Waals surface area contributed by atoms with Crippen molar-refractivity contribution < 1.29 is 19.3 Å². The molecule has 5 N–H and O–H groups in total. The van der Waals surface area contributed by atoms with Gasteiger partial charge in [-0.1, -0.05) is 12.1 Å². The highest BCUT2D eigenvalue weighted by molar-refractivity contribution is 7.80. The summed E-state index contributed by atoms with van der Waals surface area (Å²) in [7, 11) is 3.22. The minimum absolute atomic E-state index is 0.338. The molecule has 0 spiro atoms. The first-order valence-corrected chi connectivity index (χ1v) is 11.3. The summed E-state index contributed by atoms with van der Waals surface area (Å²) in [5.74, 6) is 2.81. The molecule has 0 saturated carbocycles. The topological polar surface area (TPSA) is 126 Å². The number of aromatic nitrogens is 2. The SMILES string of the molecule is CC(O)CN.COc1ccc(CN)cc1.COc1nccc2c(Oc3ccc(S)cc3)ccnc12. The van der Waals surface area contributed by atoms with E-state index >= 15 is 0 Å². The quantitative estimate of drug-likeness (QED) is 0.293. The van der Waals surface area contributed by atoms with Crippen molar-refractivity contribution >= 4 is 23.5 Å². The van der Waals surface area contributed by atoms with Crippen LogP contribution in [-0.4, -0.2) is 41.9 Å². The number of hydrogen-bond donors (Lipinski definition) is 4. The number of aliphatic hydroxyl groups is 1. The number of nitrogens with two attached hydrogens (primary N) is 2. The maximum atomic E-state index is 8.24. The number of rotatable bonds is 6. The highest BCUT2D eigenvalue weighted by Crippen LogP contribution is 2.31. The second-order valence-corrected chi connectivity index (χ2v) is 7.77. The minimum atomic E-state index is -0.338. The van der Waals surface area contributed by atoms with Gasteiger partial charge in [0.1, 0.15) is 22.8 Å². The van der Waals surface area contributed by atoms with Gasteiger partial charge in [0.25, 0.3) is 0 Å². The monoisotopic (exact) mass is 496 g/mol. The smallest absolute Gasteiger partial charge is 0.240 e. The lowest BCUT2D eigenvalue weighted by atomic mass is 10.2. The number of nitrogens with zero attached hydrogens (tertiary/aromatic N) is 2. The standard InChI is InChI=1S/C15H12N2O2S.C8H11NO.C3H9NO/c1-18-15-14-12(6-8-17-15)13(7-9-16-14)19-10-2-4-11(20)5-3-10;1-10-8-4-2-7(6-9)3-5-8;1-3(5)2-4/h2-9,20H,1H3;2-5H,6,9H2,1H3;3,5H,2,4H2,1H3. The Morgan fingerprint density at radius 1 is 0.857 bits per heavy atom. The Labute approximate surface area is 211 Å². The number of fused-ring (bicyclic) bond motifs is 1. The molecule has 0 aliphatic heterocycles. The van der Waals surface area contributed by atoms with Crippen molar-refractivity contribution in [3.63, 3.8) is 0 Å². The van der Waals surface area contributed by atoms with E-state index in [1.165, 1.54) is 0 Å². The molecule has 4 aromatic rings. The van der Waals surface area contributed by atoms with Crippen LogP contribution >= 0.6 is 12.6 Å². The summed E-state index contributed by atoms with van der Waals surface area (Å²) in [5.41, 5.74) is 12.1. The molecule has 0 aliphatic carbocycles. The Kier molecular flexibility index (Phi) is 11.8. The van der Waals surface area contributed by atoms with E-state index in [1.54, 1.807) is 33.5 Å². The zero-order valence-corrected chi connectivity index (χ0v) is 21.0. The van der Waals surface area contributed by atoms with Gasteiger partial charge in [-0.2, -0.15) is 0 Å². The van der Waals surface area contributed by atoms with Crippen molar-refractivity contribution in [1.82, 2.24) is 9.97 Å². The molecule has 2 aromatic carbocycles. The molecule has 9 heteroatoms. The van der Waals surface area contributed by atoms with Crippen LogP contribution in [0.2, 0.25) is 0 Å². The molecule has 2 aromatic heterocycles. The van der Waals surface area contributed by atoms with Crippen molar-refractivity contribution in [2.45, 2.75) is 24.5 Å². The van der Waals surface area contributed by atoms with Crippen LogP contribution in [0.4, 0.5) is 0 Å². The van der Waals surface area contributed by atoms with E-state index < -0.39 is 0 Å². The predicted octanol–water partition coefficient (Wildman–Crippen LogP) is 4.20. The number of aliphatic hydroxyl groups excluding tert-OH is 1. The van der Waals surface area contributed by atoms with Crippen molar-refractivity contribution in [1.29, 1.82) is 0 Å². The first kappa shape index (κ1) is 27.9. The van der Waals surface area contributed by atoms with Crippen LogP contribution in [0.1, 0.15) is 12.5 Å². The summed E-state index contributed by atoms with van der Waals surface area (Å²) < 4.78 is 16.1. The third-order valence-electron chi connectivity index (χ3n) is 4.58. The summed E-state index contributed by atoms with van der Waals surface area (Å²) >= 11 is 4.25. The Bertz CT molecular complexity index is 1130. The van der Waals surface area contributed by atoms with Gasteiger partial charge in [-0.3, -0.25) is 4.98 Å². The zero-order chi connectivity index (χ0) is 25.6. The van der Waals surface area contributed by atoms with Crippen LogP contribution in [0.3, 0.4) is 0 Å². The van der Waals surface area contributed by atoms with E-state index in [9.17, 15) is 0 Å². The van der Waals surface area contributed by atoms with Crippen LogP contribution in [0.25, 0.3) is 10.9 Å². The number of hydrogen-bond acceptors (Lipinski definition) is 9. The van der Waals surface area contributed by atoms with Gasteiger partial charge in [-0.15, -0.1) is 12.6 Å². The van der Waals surface area contributed by atoms with Gasteiger partial charge in [0, 0.05) is 30.4 Å². The van der Waals surface area contributed by atoms with E-state index in [1.807, 2.05) is 60.7 Å². The van der Waals surface area contributed by atoms with Crippen molar-refractivity contribution in [2.75, 3.05) is 20.8 Å². The van der Waals surface area contributed by atoms with Gasteiger partial charge in [-0.25, -0.2) is 4.98 Å². The van der Waals surface area contributed by atoms with Gasteiger partial charge < -0.3 is 30.8 Å². The third kappa shape index (κ3) is 9.06. The van der Waals surface area contributed by atoms with Gasteiger partial charge in [0.2, 0.25) is 5.88 Å². The molecule has 4 rings (SSSR count). The molecular weight excluding hydrogens is 464 g/mol. The fourth-order valence-electron chi connectivity index (χ4n) is 2.67. The maximum Gasteiger partial charge on any atom is 0.240 e. The average molecular weight is 497 g/mol. The van der Waals surface area contributed by atoms with Crippen LogP contribution in [0.15, 0.2) is 78.0 Å². The van der Waals surface area contributed by atoms with Crippen molar-refractivity contribution in [2.24, 2.45) is 11.5 Å². The minimum Gasteiger partial charge on any atom is -0.497 e. The van der Waals surface area contributed by atoms with Crippen LogP contribution in [0.5, 0.6) is 23.1 Å². The molecule has 35 heavy (non-hydrogen) atoms. The number of thiol groups is 1. The van der Waals surface area contributed by atoms with Crippen LogP contribution in [0, 0.1) is 0 Å². The number of benzene rings is 2. The Balaban J connectivity index is 0.000000240. The lowest BCUT2D eigenvalue weighted by Crippen LogP contribution is -2.14. The molecule has 0 saturated heterocycles. The summed E-state index contributed by atoms with van der Waals surface area (Å²) in [4.78, 5) is 9.31. The lowest BCUT2D eigenvalue weighted by molar-refractivity contribution is 0.203. The average Bonchev–Trinajstić information content (AvgIpc) is 2.90. The molecule has 1 atom stereocenters. The second-order valence-electron chi connectivity index (χ2n) is 7.26. The summed E-state index contributed by atoms with van der Waals surface area (Å²) in [6.07, 6.45) is 3.01. The molecule has 8 nitrogen and oxygen atoms in total. The molecule has 0 amide bonds. The zero-order valence-electron chi connectivity index (χ0n) is 20.1. The highest BCUT2D eigenvalue weighted by Gasteiger charge is 2.09. The highest BCUT2D eigenvalue weighted by atomic mass is 32.1. The van der Waals surface area contributed by atoms with Crippen LogP contribution in [-0.2, 0) is 6.54 Å². The van der Waals surface area contributed by atoms with E-state index in [4.69, 9.17) is 30.8 Å². The van der Waals surface area contributed by atoms with Gasteiger partial charge in [0.05, 0.1) is 25.7 Å². The van der Waals surface area contributed by atoms with E-state index in [0.29, 0.717) is 30.2 Å². The van der Waals surface area contributed by atoms with Gasteiger partial charge in [-0.05, 0) is 61.0 Å². The molecule has 186 valence electrons. The summed E-state index contributed by atoms with van der Waals surface area (Å²) in [5, 5.41) is 9.09. The molecule has 1 unspecified atom stereocenters. The molecule has 0 fully saturated rings. The maximum absolute atomic E-state index is 8.24. The number of pyridine rings is 2. The summed E-state index contributed by atoms with van der Waals surface area (Å²) in [6, 6.07) is 18.9. The molecule has 0 radical (unpaired) electrons. The molecular formula is C26H32N4O4S. The van der Waals surface area contributed by atoms with Gasteiger partial charge >= 0.3 is 0 Å². The fraction of sp³-hybridized carbons (Fsp3) is 0.231. The van der Waals surface area contributed by atoms with Crippen LogP contribution < -0.4 is 25.7 Å². The fourth-order valence-corrected chi connectivity index (χ4v) is 2.82. The third-order valence-corrected chi connectivity index (χ3v) is 4.88. The normalized spacial score (nSPS) is 10.8. The predicted molar refractivity (Wildman–Crippen MR) is 141 cm³/mol. The molecule has 2 heterocycles. The molecule has 0 bridgehead atoms. The van der Waals surface area contributed by atoms with Crippen molar-refractivity contribution in [3.8, 4) is 23.1 Å². The Hall–Kier alpha value is -3.37. The van der Waals surface area contributed by atoms with E-state index in [-0.39, 0.29) is 6.10 Å². The number of methoxy groups -OCH3 is 2. The van der Waals surface area contributed by atoms with E-state index in [0.717, 1.165) is 27.3 Å². The Morgan fingerprint density at radius 3 is 2.00 bits per heavy atom. The van der Waals surface area contributed by atoms with Gasteiger partial charge in [0.15, 0.2) is 0 Å². The second kappa shape index (κ2) is 14.8. The largest absolute Gasteiger partial charge is 0.497 e. The first-order valence-electron chi connectivity index (χ1n) is 10.9. The number of ether oxygens (including phenoxy) is 3.